The molecule has 2 aromatic heterocycles. The van der Waals surface area contributed by atoms with Gasteiger partial charge in [0.25, 0.3) is 0 Å². The molecule has 3 aromatic rings. The number of rotatable bonds is 8. The van der Waals surface area contributed by atoms with E-state index >= 15 is 0 Å². The minimum absolute atomic E-state index is 0.0937. The van der Waals surface area contributed by atoms with E-state index < -0.39 is 6.10 Å². The largest absolute Gasteiger partial charge is 0.491 e. The van der Waals surface area contributed by atoms with Crippen molar-refractivity contribution in [3.05, 3.63) is 53.3 Å². The first-order valence-corrected chi connectivity index (χ1v) is 10.3. The Bertz CT molecular complexity index is 890. The van der Waals surface area contributed by atoms with Crippen LogP contribution in [-0.4, -0.2) is 39.6 Å². The molecule has 0 aliphatic heterocycles. The van der Waals surface area contributed by atoms with E-state index in [1.54, 1.807) is 11.3 Å². The van der Waals surface area contributed by atoms with Gasteiger partial charge in [-0.1, -0.05) is 12.1 Å². The molecule has 0 radical (unpaired) electrons. The standard InChI is InChI=1S/C20H27N5O2S/c1-4-21-19(22-11-16-13-25-8-9-28-20(25)24-16)23-12-18(26)15-6-5-7-17(10-15)27-14(2)3/h5-10,13-14,18,26H,4,11-12H2,1-3H3,(H2,21,22,23). The van der Waals surface area contributed by atoms with Gasteiger partial charge in [0.2, 0.25) is 0 Å². The number of nitrogens with zero attached hydrogens (tertiary/aromatic N) is 3. The third-order valence-electron chi connectivity index (χ3n) is 3.96. The number of aromatic nitrogens is 2. The van der Waals surface area contributed by atoms with E-state index in [0.29, 0.717) is 19.0 Å². The van der Waals surface area contributed by atoms with Gasteiger partial charge < -0.3 is 20.5 Å². The van der Waals surface area contributed by atoms with E-state index in [4.69, 9.17) is 4.74 Å². The minimum atomic E-state index is -0.669. The molecule has 0 aliphatic carbocycles. The molecule has 0 amide bonds. The molecular formula is C20H27N5O2S. The van der Waals surface area contributed by atoms with Crippen molar-refractivity contribution in [3.8, 4) is 5.75 Å². The summed E-state index contributed by atoms with van der Waals surface area (Å²) < 4.78 is 7.69. The number of benzene rings is 1. The van der Waals surface area contributed by atoms with Crippen molar-refractivity contribution in [2.24, 2.45) is 4.99 Å². The normalized spacial score (nSPS) is 13.1. The molecule has 0 aliphatic rings. The summed E-state index contributed by atoms with van der Waals surface area (Å²) in [6, 6.07) is 7.54. The van der Waals surface area contributed by atoms with Gasteiger partial charge in [0.05, 0.1) is 24.4 Å². The number of thiazole rings is 1. The number of nitrogens with one attached hydrogen (secondary N) is 2. The van der Waals surface area contributed by atoms with Crippen molar-refractivity contribution in [2.45, 2.75) is 39.5 Å². The molecule has 3 N–H and O–H groups in total. The van der Waals surface area contributed by atoms with Gasteiger partial charge in [-0.25, -0.2) is 9.98 Å². The third-order valence-corrected chi connectivity index (χ3v) is 4.73. The van der Waals surface area contributed by atoms with Crippen LogP contribution in [0.25, 0.3) is 4.96 Å². The predicted molar refractivity (Wildman–Crippen MR) is 113 cm³/mol. The quantitative estimate of drug-likeness (QED) is 0.399. The zero-order chi connectivity index (χ0) is 19.9. The molecule has 1 aromatic carbocycles. The summed E-state index contributed by atoms with van der Waals surface area (Å²) in [5.74, 6) is 1.40. The van der Waals surface area contributed by atoms with Crippen molar-refractivity contribution >= 4 is 22.3 Å². The van der Waals surface area contributed by atoms with Gasteiger partial charge in [-0.05, 0) is 38.5 Å². The van der Waals surface area contributed by atoms with Gasteiger partial charge in [0.1, 0.15) is 5.75 Å². The van der Waals surface area contributed by atoms with Crippen LogP contribution in [0, 0.1) is 0 Å². The maximum atomic E-state index is 10.5. The summed E-state index contributed by atoms with van der Waals surface area (Å²) >= 11 is 1.60. The highest BCUT2D eigenvalue weighted by molar-refractivity contribution is 7.15. The first-order valence-electron chi connectivity index (χ1n) is 9.43. The molecule has 0 spiro atoms. The average molecular weight is 402 g/mol. The van der Waals surface area contributed by atoms with Crippen LogP contribution >= 0.6 is 11.3 Å². The van der Waals surface area contributed by atoms with Crippen molar-refractivity contribution in [3.63, 3.8) is 0 Å². The van der Waals surface area contributed by atoms with Crippen LogP contribution in [0.2, 0.25) is 0 Å². The lowest BCUT2D eigenvalue weighted by atomic mass is 10.1. The van der Waals surface area contributed by atoms with Gasteiger partial charge in [0, 0.05) is 30.9 Å². The molecule has 1 atom stereocenters. The smallest absolute Gasteiger partial charge is 0.193 e. The zero-order valence-corrected chi connectivity index (χ0v) is 17.2. The Morgan fingerprint density at radius 3 is 2.96 bits per heavy atom. The molecule has 7 nitrogen and oxygen atoms in total. The Labute approximate surface area is 169 Å². The highest BCUT2D eigenvalue weighted by atomic mass is 32.1. The maximum absolute atomic E-state index is 10.5. The summed E-state index contributed by atoms with van der Waals surface area (Å²) in [5, 5.41) is 18.9. The summed E-state index contributed by atoms with van der Waals surface area (Å²) in [5.41, 5.74) is 1.71. The fraction of sp³-hybridized carbons (Fsp3) is 0.400. The molecule has 8 heteroatoms. The highest BCUT2D eigenvalue weighted by Crippen LogP contribution is 2.20. The van der Waals surface area contributed by atoms with E-state index in [-0.39, 0.29) is 6.10 Å². The van der Waals surface area contributed by atoms with Crippen molar-refractivity contribution < 1.29 is 9.84 Å². The van der Waals surface area contributed by atoms with Gasteiger partial charge in [-0.2, -0.15) is 0 Å². The lowest BCUT2D eigenvalue weighted by Gasteiger charge is -2.17. The lowest BCUT2D eigenvalue weighted by Crippen LogP contribution is -2.39. The van der Waals surface area contributed by atoms with Crippen molar-refractivity contribution in [1.29, 1.82) is 0 Å². The number of ether oxygens (including phenoxy) is 1. The van der Waals surface area contributed by atoms with E-state index in [0.717, 1.165) is 28.5 Å². The number of aliphatic imine (C=N–C) groups is 1. The second-order valence-corrected chi connectivity index (χ2v) is 7.53. The molecule has 0 fully saturated rings. The van der Waals surface area contributed by atoms with E-state index in [9.17, 15) is 5.11 Å². The fourth-order valence-corrected chi connectivity index (χ4v) is 3.45. The van der Waals surface area contributed by atoms with Crippen LogP contribution in [0.1, 0.15) is 38.1 Å². The van der Waals surface area contributed by atoms with E-state index in [2.05, 4.69) is 20.6 Å². The Morgan fingerprint density at radius 2 is 2.21 bits per heavy atom. The molecule has 28 heavy (non-hydrogen) atoms. The summed E-state index contributed by atoms with van der Waals surface area (Å²) in [6.45, 7) is 7.51. The van der Waals surface area contributed by atoms with Gasteiger partial charge in [0.15, 0.2) is 10.9 Å². The SMILES string of the molecule is CCNC(=NCc1cn2ccsc2n1)NCC(O)c1cccc(OC(C)C)c1. The van der Waals surface area contributed by atoms with Crippen molar-refractivity contribution in [2.75, 3.05) is 13.1 Å². The highest BCUT2D eigenvalue weighted by Gasteiger charge is 2.10. The molecule has 0 saturated carbocycles. The lowest BCUT2D eigenvalue weighted by molar-refractivity contribution is 0.179. The molecule has 0 saturated heterocycles. The first-order chi connectivity index (χ1) is 13.5. The van der Waals surface area contributed by atoms with Gasteiger partial charge >= 0.3 is 0 Å². The van der Waals surface area contributed by atoms with Crippen LogP contribution in [0.5, 0.6) is 5.75 Å². The molecule has 0 bridgehead atoms. The molecule has 2 heterocycles. The van der Waals surface area contributed by atoms with Crippen molar-refractivity contribution in [1.82, 2.24) is 20.0 Å². The Hall–Kier alpha value is -2.58. The van der Waals surface area contributed by atoms with Crippen LogP contribution in [0.3, 0.4) is 0 Å². The number of hydrogen-bond acceptors (Lipinski definition) is 5. The minimum Gasteiger partial charge on any atom is -0.491 e. The average Bonchev–Trinajstić information content (AvgIpc) is 3.25. The topological polar surface area (TPSA) is 83.2 Å². The zero-order valence-electron chi connectivity index (χ0n) is 16.4. The number of hydrogen-bond donors (Lipinski definition) is 3. The Kier molecular flexibility index (Phi) is 6.89. The fourth-order valence-electron chi connectivity index (χ4n) is 2.73. The van der Waals surface area contributed by atoms with Crippen LogP contribution in [0.15, 0.2) is 47.0 Å². The maximum Gasteiger partial charge on any atom is 0.193 e. The summed E-state index contributed by atoms with van der Waals surface area (Å²) in [6.07, 6.45) is 3.39. The first kappa shape index (κ1) is 20.2. The molecular weight excluding hydrogens is 374 g/mol. The number of aliphatic hydroxyl groups excluding tert-OH is 1. The Morgan fingerprint density at radius 1 is 1.36 bits per heavy atom. The van der Waals surface area contributed by atoms with Crippen LogP contribution in [0.4, 0.5) is 0 Å². The number of imidazole rings is 1. The van der Waals surface area contributed by atoms with Crippen LogP contribution in [-0.2, 0) is 6.54 Å². The Balaban J connectivity index is 1.59. The predicted octanol–water partition coefficient (Wildman–Crippen LogP) is 2.97. The van der Waals surface area contributed by atoms with Gasteiger partial charge in [-0.3, -0.25) is 4.40 Å². The van der Waals surface area contributed by atoms with E-state index in [1.165, 1.54) is 0 Å². The number of aliphatic hydroxyl groups is 1. The summed E-state index contributed by atoms with van der Waals surface area (Å²) in [4.78, 5) is 10.1. The molecule has 3 rings (SSSR count). The second-order valence-electron chi connectivity index (χ2n) is 6.66. The van der Waals surface area contributed by atoms with Gasteiger partial charge in [-0.15, -0.1) is 11.3 Å². The summed E-state index contributed by atoms with van der Waals surface area (Å²) in [7, 11) is 0. The molecule has 1 unspecified atom stereocenters. The van der Waals surface area contributed by atoms with Crippen LogP contribution < -0.4 is 15.4 Å². The number of fused-ring (bicyclic) bond motifs is 1. The second kappa shape index (κ2) is 9.57. The monoisotopic (exact) mass is 401 g/mol. The van der Waals surface area contributed by atoms with E-state index in [1.807, 2.05) is 67.2 Å². The number of guanidine groups is 1. The molecule has 150 valence electrons. The third kappa shape index (κ3) is 5.46.